The molecule has 0 atom stereocenters. The Morgan fingerprint density at radius 1 is 0.632 bits per heavy atom. The molecule has 0 aromatic carbocycles. The largest absolute Gasteiger partial charge is 0.544 e. The average Bonchev–Trinajstić information content (AvgIpc) is 2.68. The third-order valence-corrected chi connectivity index (χ3v) is 4.79. The van der Waals surface area contributed by atoms with E-state index in [1.54, 1.807) is 0 Å². The summed E-state index contributed by atoms with van der Waals surface area (Å²) in [5, 5.41) is 11.3. The molecule has 0 aromatic rings. The summed E-state index contributed by atoms with van der Waals surface area (Å²) in [5.74, 6) is -63.6. The Morgan fingerprint density at radius 2 is 0.974 bits per heavy atom. The summed E-state index contributed by atoms with van der Waals surface area (Å²) >= 11 is 0. The molecule has 0 bridgehead atoms. The first-order valence-electron chi connectivity index (χ1n) is 9.31. The van der Waals surface area contributed by atoms with Crippen molar-refractivity contribution in [1.82, 2.24) is 5.32 Å². The van der Waals surface area contributed by atoms with Crippen LogP contribution in [0.3, 0.4) is 0 Å². The van der Waals surface area contributed by atoms with Crippen LogP contribution in [0.5, 0.6) is 0 Å². The highest BCUT2D eigenvalue weighted by atomic mass is 19.4. The molecule has 1 amide bonds. The van der Waals surface area contributed by atoms with Crippen LogP contribution >= 0.6 is 0 Å². The number of aliphatic carboxylic acids is 1. The fraction of sp³-hybridized carbons (Fsp3) is 0.875. The van der Waals surface area contributed by atoms with Gasteiger partial charge in [0.05, 0.1) is 26.6 Å². The van der Waals surface area contributed by atoms with Crippen molar-refractivity contribution in [2.75, 3.05) is 33.7 Å². The Morgan fingerprint density at radius 3 is 1.32 bits per heavy atom. The topological polar surface area (TPSA) is 69.2 Å². The fourth-order valence-electron chi connectivity index (χ4n) is 2.56. The molecule has 38 heavy (non-hydrogen) atoms. The van der Waals surface area contributed by atoms with Crippen molar-refractivity contribution in [3.63, 3.8) is 0 Å². The first kappa shape index (κ1) is 35.7. The van der Waals surface area contributed by atoms with E-state index in [0.717, 1.165) is 5.32 Å². The Balaban J connectivity index is 6.15. The van der Waals surface area contributed by atoms with E-state index in [1.807, 2.05) is 0 Å². The number of rotatable bonds is 13. The van der Waals surface area contributed by atoms with Crippen molar-refractivity contribution in [1.29, 1.82) is 0 Å². The molecule has 0 fully saturated rings. The molecule has 0 spiro atoms. The fourth-order valence-corrected chi connectivity index (χ4v) is 2.56. The minimum Gasteiger partial charge on any atom is -0.544 e. The molecule has 226 valence electrons. The summed E-state index contributed by atoms with van der Waals surface area (Å²) in [6.07, 6.45) is -8.47. The Kier molecular flexibility index (Phi) is 9.43. The van der Waals surface area contributed by atoms with Crippen LogP contribution in [0.2, 0.25) is 0 Å². The summed E-state index contributed by atoms with van der Waals surface area (Å²) in [6.45, 7) is -2.35. The van der Waals surface area contributed by atoms with Gasteiger partial charge in [-0.05, 0) is 0 Å². The first-order valence-corrected chi connectivity index (χ1v) is 9.31. The number of amides is 1. The van der Waals surface area contributed by atoms with E-state index in [1.165, 1.54) is 14.1 Å². The normalized spacial score (nSPS) is 15.4. The highest BCUT2D eigenvalue weighted by Crippen LogP contribution is 2.63. The quantitative estimate of drug-likeness (QED) is 0.199. The van der Waals surface area contributed by atoms with Gasteiger partial charge in [-0.1, -0.05) is 0 Å². The molecule has 0 rings (SSSR count). The van der Waals surface area contributed by atoms with Gasteiger partial charge in [0.25, 0.3) is 5.91 Å². The zero-order chi connectivity index (χ0) is 31.2. The predicted octanol–water partition coefficient (Wildman–Crippen LogP) is 3.33. The van der Waals surface area contributed by atoms with Gasteiger partial charge >= 0.3 is 47.6 Å². The van der Waals surface area contributed by atoms with Crippen LogP contribution in [0, 0.1) is 0 Å². The molecular weight excluding hydrogens is 591 g/mol. The summed E-state index contributed by atoms with van der Waals surface area (Å²) in [4.78, 5) is 21.8. The molecule has 0 aliphatic heterocycles. The predicted molar refractivity (Wildman–Crippen MR) is 85.2 cm³/mol. The number of hydrogen-bond donors (Lipinski definition) is 1. The molecule has 0 aliphatic carbocycles. The minimum atomic E-state index is -8.78. The van der Waals surface area contributed by atoms with Crippen LogP contribution in [0.1, 0.15) is 6.42 Å². The monoisotopic (exact) mass is 606 g/mol. The standard InChI is InChI=1S/C16H15F17N2O3/c1-35(2,6-7(36)37)5-3-4-34-8(38)9(17,18)10(19,20)11(21,22)12(23,24)13(25,26)14(27,28)15(29,30)16(31,32)33/h3-6H2,1-2H3,(H-,34,36,37,38). The number of quaternary nitrogens is 1. The van der Waals surface area contributed by atoms with Gasteiger partial charge in [-0.25, -0.2) is 0 Å². The first-order chi connectivity index (χ1) is 16.3. The van der Waals surface area contributed by atoms with Gasteiger partial charge in [-0.2, -0.15) is 74.6 Å². The van der Waals surface area contributed by atoms with Gasteiger partial charge in [-0.15, -0.1) is 0 Å². The maximum Gasteiger partial charge on any atom is 0.460 e. The molecule has 0 aliphatic rings. The SMILES string of the molecule is C[N+](C)(CCCNC(=O)C(F)(F)C(F)(F)C(F)(F)C(F)(F)C(F)(F)C(F)(F)C(F)(F)C(F)(F)F)CC(=O)[O-]. The highest BCUT2D eigenvalue weighted by Gasteiger charge is 2.95. The molecule has 22 heteroatoms. The summed E-state index contributed by atoms with van der Waals surface area (Å²) in [7, 11) is 2.34. The maximum absolute atomic E-state index is 13.7. The number of nitrogens with one attached hydrogen (secondary N) is 1. The van der Waals surface area contributed by atoms with E-state index in [-0.39, 0.29) is 6.54 Å². The lowest BCUT2D eigenvalue weighted by molar-refractivity contribution is -0.884. The average molecular weight is 606 g/mol. The van der Waals surface area contributed by atoms with E-state index < -0.39 is 83.5 Å². The minimum absolute atomic E-state index is 0.390. The molecule has 0 saturated heterocycles. The number of carboxylic acid groups (broad SMARTS) is 1. The van der Waals surface area contributed by atoms with Gasteiger partial charge < -0.3 is 19.7 Å². The third-order valence-electron chi connectivity index (χ3n) is 4.79. The number of carboxylic acids is 1. The molecular formula is C16H15F17N2O3. The number of halogens is 17. The molecule has 1 N–H and O–H groups in total. The van der Waals surface area contributed by atoms with E-state index in [9.17, 15) is 89.3 Å². The van der Waals surface area contributed by atoms with Crippen LogP contribution < -0.4 is 10.4 Å². The van der Waals surface area contributed by atoms with Gasteiger partial charge in [0.15, 0.2) is 0 Å². The number of carbonyl (C=O) groups excluding carboxylic acids is 2. The third kappa shape index (κ3) is 5.68. The molecule has 0 aromatic heterocycles. The lowest BCUT2D eigenvalue weighted by Gasteiger charge is -2.42. The smallest absolute Gasteiger partial charge is 0.460 e. The number of nitrogens with zero attached hydrogens (tertiary/aromatic N) is 1. The number of likely N-dealkylation sites (N-methyl/N-ethyl adjacent to an activating group) is 1. The number of hydrogen-bond acceptors (Lipinski definition) is 3. The number of carbonyl (C=O) groups is 2. The van der Waals surface area contributed by atoms with Gasteiger partial charge in [-0.3, -0.25) is 4.79 Å². The van der Waals surface area contributed by atoms with Crippen molar-refractivity contribution in [2.45, 2.75) is 54.1 Å². The lowest BCUT2D eigenvalue weighted by atomic mass is 9.89. The van der Waals surface area contributed by atoms with Crippen LogP contribution in [0.15, 0.2) is 0 Å². The second-order valence-corrected chi connectivity index (χ2v) is 8.32. The van der Waals surface area contributed by atoms with Crippen LogP contribution in [-0.2, 0) is 9.59 Å². The van der Waals surface area contributed by atoms with E-state index in [2.05, 4.69) is 0 Å². The van der Waals surface area contributed by atoms with Crippen molar-refractivity contribution in [3.05, 3.63) is 0 Å². The summed E-state index contributed by atoms with van der Waals surface area (Å²) in [6, 6.07) is 0. The van der Waals surface area contributed by atoms with Gasteiger partial charge in [0.2, 0.25) is 0 Å². The summed E-state index contributed by atoms with van der Waals surface area (Å²) < 4.78 is 223. The molecule has 0 unspecified atom stereocenters. The maximum atomic E-state index is 13.7. The Bertz CT molecular complexity index is 883. The molecule has 0 saturated carbocycles. The van der Waals surface area contributed by atoms with Crippen LogP contribution in [0.25, 0.3) is 0 Å². The molecule has 0 heterocycles. The second-order valence-electron chi connectivity index (χ2n) is 8.32. The van der Waals surface area contributed by atoms with Crippen molar-refractivity contribution < 1.29 is 93.8 Å². The van der Waals surface area contributed by atoms with Gasteiger partial charge in [0, 0.05) is 13.0 Å². The van der Waals surface area contributed by atoms with E-state index >= 15 is 0 Å². The summed E-state index contributed by atoms with van der Waals surface area (Å²) in [5.41, 5.74) is 0. The Hall–Kier alpha value is -2.29. The Labute approximate surface area is 200 Å². The van der Waals surface area contributed by atoms with Gasteiger partial charge in [0.1, 0.15) is 6.54 Å². The van der Waals surface area contributed by atoms with Crippen LogP contribution in [-0.4, -0.2) is 97.7 Å². The lowest BCUT2D eigenvalue weighted by Crippen LogP contribution is -2.75. The molecule has 0 radical (unpaired) electrons. The van der Waals surface area contributed by atoms with E-state index in [4.69, 9.17) is 0 Å². The highest BCUT2D eigenvalue weighted by molar-refractivity contribution is 5.84. The van der Waals surface area contributed by atoms with Crippen molar-refractivity contribution >= 4 is 11.9 Å². The number of alkyl halides is 17. The second kappa shape index (κ2) is 10.0. The zero-order valence-corrected chi connectivity index (χ0v) is 18.4. The van der Waals surface area contributed by atoms with E-state index in [0.29, 0.717) is 0 Å². The van der Waals surface area contributed by atoms with Crippen molar-refractivity contribution in [2.24, 2.45) is 0 Å². The van der Waals surface area contributed by atoms with Crippen LogP contribution in [0.4, 0.5) is 74.6 Å². The molecule has 5 nitrogen and oxygen atoms in total. The van der Waals surface area contributed by atoms with Crippen molar-refractivity contribution in [3.8, 4) is 0 Å². The zero-order valence-electron chi connectivity index (χ0n) is 18.4.